The van der Waals surface area contributed by atoms with Crippen molar-refractivity contribution in [2.75, 3.05) is 19.6 Å². The molecule has 0 aromatic carbocycles. The Morgan fingerprint density at radius 2 is 1.70 bits per heavy atom. The molecule has 0 saturated carbocycles. The Kier molecular flexibility index (Phi) is 16.1. The number of hydrogen-bond acceptors (Lipinski definition) is 2. The predicted molar refractivity (Wildman–Crippen MR) is 106 cm³/mol. The Morgan fingerprint density at radius 1 is 0.913 bits per heavy atom. The molecule has 0 aliphatic carbocycles. The molecule has 0 unspecified atom stereocenters. The van der Waals surface area contributed by atoms with E-state index in [4.69, 9.17) is 0 Å². The highest BCUT2D eigenvalue weighted by Gasteiger charge is 1.97. The summed E-state index contributed by atoms with van der Waals surface area (Å²) < 4.78 is 0. The normalized spacial score (nSPS) is 12.3. The van der Waals surface area contributed by atoms with Crippen LogP contribution in [0.2, 0.25) is 0 Å². The lowest BCUT2D eigenvalue weighted by Gasteiger charge is -2.12. The Balaban J connectivity index is 3.75. The Labute approximate surface area is 144 Å². The molecule has 0 atom stereocenters. The van der Waals surface area contributed by atoms with Crippen molar-refractivity contribution >= 4 is 0 Å². The molecule has 0 fully saturated rings. The summed E-state index contributed by atoms with van der Waals surface area (Å²) >= 11 is 0. The second-order valence-electron chi connectivity index (χ2n) is 5.91. The first-order valence-corrected chi connectivity index (χ1v) is 9.36. The smallest absolute Gasteiger partial charge is 0.0269 e. The van der Waals surface area contributed by atoms with Gasteiger partial charge in [0, 0.05) is 18.8 Å². The Bertz CT molecular complexity index is 353. The maximum atomic E-state index is 3.82. The summed E-state index contributed by atoms with van der Waals surface area (Å²) in [4.78, 5) is 0. The van der Waals surface area contributed by atoms with E-state index in [0.29, 0.717) is 0 Å². The van der Waals surface area contributed by atoms with Crippen molar-refractivity contribution in [2.45, 2.75) is 65.2 Å². The van der Waals surface area contributed by atoms with Gasteiger partial charge in [0.1, 0.15) is 0 Å². The molecule has 0 rings (SSSR count). The van der Waals surface area contributed by atoms with E-state index in [1.165, 1.54) is 49.8 Å². The number of unbranched alkanes of at least 4 members (excludes halogenated alkanes) is 4. The fourth-order valence-electron chi connectivity index (χ4n) is 2.50. The van der Waals surface area contributed by atoms with Gasteiger partial charge in [0.2, 0.25) is 0 Å². The highest BCUT2D eigenvalue weighted by molar-refractivity contribution is 5.20. The van der Waals surface area contributed by atoms with Crippen LogP contribution in [-0.4, -0.2) is 19.6 Å². The zero-order valence-corrected chi connectivity index (χ0v) is 15.5. The Morgan fingerprint density at radius 3 is 2.35 bits per heavy atom. The minimum atomic E-state index is 0.983. The molecule has 2 N–H and O–H groups in total. The maximum absolute atomic E-state index is 3.82. The average molecular weight is 319 g/mol. The van der Waals surface area contributed by atoms with Crippen LogP contribution in [0.1, 0.15) is 65.2 Å². The van der Waals surface area contributed by atoms with Crippen molar-refractivity contribution in [2.24, 2.45) is 0 Å². The molecule has 0 bridgehead atoms. The standard InChI is InChI=1S/C21H38N2/c1-5-9-10-11-12-15-21(14-7-3)23-19-18-22-17-16-20(8-4)13-6-2/h6,8,13-14,22-23H,2,4-5,7,9-12,15-19H2,1,3H3/b20-13+,21-14-. The summed E-state index contributed by atoms with van der Waals surface area (Å²) in [6.07, 6.45) is 18.1. The van der Waals surface area contributed by atoms with Crippen LogP contribution in [-0.2, 0) is 0 Å². The quantitative estimate of drug-likeness (QED) is 0.290. The number of hydrogen-bond donors (Lipinski definition) is 2. The van der Waals surface area contributed by atoms with Crippen LogP contribution >= 0.6 is 0 Å². The van der Waals surface area contributed by atoms with E-state index >= 15 is 0 Å². The molecule has 2 nitrogen and oxygen atoms in total. The molecular formula is C21H38N2. The van der Waals surface area contributed by atoms with Gasteiger partial charge < -0.3 is 10.6 Å². The topological polar surface area (TPSA) is 24.1 Å². The van der Waals surface area contributed by atoms with Crippen molar-refractivity contribution < 1.29 is 0 Å². The van der Waals surface area contributed by atoms with Crippen molar-refractivity contribution in [3.63, 3.8) is 0 Å². The SMILES string of the molecule is C=C/C=C(\C=C)CCNCCN/C(=C\CC)CCCCCCC. The zero-order valence-electron chi connectivity index (χ0n) is 15.5. The minimum Gasteiger partial charge on any atom is -0.387 e. The molecule has 132 valence electrons. The molecule has 0 saturated heterocycles. The van der Waals surface area contributed by atoms with Gasteiger partial charge in [0.25, 0.3) is 0 Å². The second kappa shape index (κ2) is 17.1. The molecule has 0 aliphatic heterocycles. The third-order valence-corrected chi connectivity index (χ3v) is 3.84. The van der Waals surface area contributed by atoms with E-state index < -0.39 is 0 Å². The summed E-state index contributed by atoms with van der Waals surface area (Å²) in [6, 6.07) is 0. The third kappa shape index (κ3) is 14.1. The van der Waals surface area contributed by atoms with Crippen LogP contribution in [0, 0.1) is 0 Å². The number of nitrogens with one attached hydrogen (secondary N) is 2. The number of rotatable bonds is 16. The molecule has 0 aliphatic rings. The van der Waals surface area contributed by atoms with Crippen molar-refractivity contribution in [3.8, 4) is 0 Å². The van der Waals surface area contributed by atoms with E-state index in [-0.39, 0.29) is 0 Å². The van der Waals surface area contributed by atoms with Crippen LogP contribution in [0.3, 0.4) is 0 Å². The molecule has 0 aromatic heterocycles. The Hall–Kier alpha value is -1.28. The summed E-state index contributed by atoms with van der Waals surface area (Å²) in [6.45, 7) is 15.0. The highest BCUT2D eigenvalue weighted by Crippen LogP contribution is 2.09. The molecule has 0 spiro atoms. The van der Waals surface area contributed by atoms with Crippen LogP contribution in [0.25, 0.3) is 0 Å². The number of allylic oxidation sites excluding steroid dienone is 5. The molecule has 0 amide bonds. The predicted octanol–water partition coefficient (Wildman–Crippen LogP) is 5.51. The molecule has 0 aromatic rings. The van der Waals surface area contributed by atoms with Gasteiger partial charge >= 0.3 is 0 Å². The lowest BCUT2D eigenvalue weighted by Crippen LogP contribution is -2.27. The van der Waals surface area contributed by atoms with Gasteiger partial charge in [0.05, 0.1) is 0 Å². The van der Waals surface area contributed by atoms with Crippen LogP contribution in [0.15, 0.2) is 48.7 Å². The van der Waals surface area contributed by atoms with Crippen LogP contribution in [0.5, 0.6) is 0 Å². The van der Waals surface area contributed by atoms with Gasteiger partial charge in [-0.3, -0.25) is 0 Å². The van der Waals surface area contributed by atoms with E-state index in [0.717, 1.165) is 32.5 Å². The average Bonchev–Trinajstić information content (AvgIpc) is 2.56. The van der Waals surface area contributed by atoms with Gasteiger partial charge in [-0.1, -0.05) is 77.0 Å². The molecule has 0 heterocycles. The largest absolute Gasteiger partial charge is 0.387 e. The summed E-state index contributed by atoms with van der Waals surface area (Å²) in [5.41, 5.74) is 2.66. The monoisotopic (exact) mass is 318 g/mol. The summed E-state index contributed by atoms with van der Waals surface area (Å²) in [5, 5.41) is 7.06. The lowest BCUT2D eigenvalue weighted by molar-refractivity contribution is 0.599. The first-order chi connectivity index (χ1) is 11.3. The molecule has 2 heteroatoms. The molecule has 23 heavy (non-hydrogen) atoms. The summed E-state index contributed by atoms with van der Waals surface area (Å²) in [5.74, 6) is 0. The maximum Gasteiger partial charge on any atom is 0.0269 e. The summed E-state index contributed by atoms with van der Waals surface area (Å²) in [7, 11) is 0. The van der Waals surface area contributed by atoms with E-state index in [9.17, 15) is 0 Å². The van der Waals surface area contributed by atoms with Crippen molar-refractivity contribution in [1.82, 2.24) is 10.6 Å². The van der Waals surface area contributed by atoms with Crippen molar-refractivity contribution in [3.05, 3.63) is 48.7 Å². The minimum absolute atomic E-state index is 0.983. The van der Waals surface area contributed by atoms with Crippen LogP contribution in [0.4, 0.5) is 0 Å². The lowest BCUT2D eigenvalue weighted by atomic mass is 10.1. The third-order valence-electron chi connectivity index (χ3n) is 3.84. The van der Waals surface area contributed by atoms with E-state index in [1.807, 2.05) is 18.2 Å². The first-order valence-electron chi connectivity index (χ1n) is 9.36. The van der Waals surface area contributed by atoms with Crippen molar-refractivity contribution in [1.29, 1.82) is 0 Å². The van der Waals surface area contributed by atoms with E-state index in [1.54, 1.807) is 0 Å². The fourth-order valence-corrected chi connectivity index (χ4v) is 2.50. The van der Waals surface area contributed by atoms with Gasteiger partial charge in [0.15, 0.2) is 0 Å². The van der Waals surface area contributed by atoms with Crippen LogP contribution < -0.4 is 10.6 Å². The first kappa shape index (κ1) is 21.7. The van der Waals surface area contributed by atoms with Gasteiger partial charge in [-0.2, -0.15) is 0 Å². The fraction of sp³-hybridized carbons (Fsp3) is 0.619. The highest BCUT2D eigenvalue weighted by atomic mass is 14.9. The van der Waals surface area contributed by atoms with Gasteiger partial charge in [-0.15, -0.1) is 0 Å². The van der Waals surface area contributed by atoms with E-state index in [2.05, 4.69) is 43.7 Å². The second-order valence-corrected chi connectivity index (χ2v) is 5.91. The van der Waals surface area contributed by atoms with Gasteiger partial charge in [-0.25, -0.2) is 0 Å². The van der Waals surface area contributed by atoms with Gasteiger partial charge in [-0.05, 0) is 37.8 Å². The molecular weight excluding hydrogens is 280 g/mol. The molecule has 0 radical (unpaired) electrons. The zero-order chi connectivity index (χ0) is 17.2.